The van der Waals surface area contributed by atoms with Crippen molar-refractivity contribution in [3.8, 4) is 11.5 Å². The fourth-order valence-electron chi connectivity index (χ4n) is 3.85. The maximum absolute atomic E-state index is 13.6. The van der Waals surface area contributed by atoms with Crippen LogP contribution >= 0.6 is 22.7 Å². The first-order chi connectivity index (χ1) is 16.6. The number of carbonyl (C=O) groups is 3. The summed E-state index contributed by atoms with van der Waals surface area (Å²) >= 11 is 2.06. The number of anilines is 1. The highest BCUT2D eigenvalue weighted by Crippen LogP contribution is 2.45. The Morgan fingerprint density at radius 1 is 1.03 bits per heavy atom. The molecule has 3 aromatic rings. The summed E-state index contributed by atoms with van der Waals surface area (Å²) in [7, 11) is 2.60. The summed E-state index contributed by atoms with van der Waals surface area (Å²) in [6.07, 6.45) is 0. The number of carbonyl (C=O) groups excluding carboxylic acids is 3. The van der Waals surface area contributed by atoms with E-state index in [9.17, 15) is 24.6 Å². The lowest BCUT2D eigenvalue weighted by Crippen LogP contribution is -2.31. The largest absolute Gasteiger partial charge is 0.504 e. The van der Waals surface area contributed by atoms with Crippen molar-refractivity contribution in [1.82, 2.24) is 9.97 Å². The van der Waals surface area contributed by atoms with Crippen molar-refractivity contribution < 1.29 is 34.1 Å². The molecule has 10 nitrogen and oxygen atoms in total. The predicted molar refractivity (Wildman–Crippen MR) is 129 cm³/mol. The zero-order valence-electron chi connectivity index (χ0n) is 19.4. The molecule has 182 valence electrons. The molecule has 1 amide bonds. The number of aliphatic hydroxyl groups is 1. The Kier molecular flexibility index (Phi) is 6.34. The SMILES string of the molecule is COC(=O)c1sc(N2C(=O)C(O)=C(C(=O)c3sc(C)nc3C)C2c2ccc(O)c(OC)c2)nc1C. The lowest BCUT2D eigenvalue weighted by Gasteiger charge is -2.25. The average Bonchev–Trinajstić information content (AvgIpc) is 3.46. The number of aromatic hydroxyl groups is 1. The van der Waals surface area contributed by atoms with Gasteiger partial charge in [-0.05, 0) is 38.5 Å². The van der Waals surface area contributed by atoms with Gasteiger partial charge < -0.3 is 19.7 Å². The normalized spacial score (nSPS) is 15.6. The van der Waals surface area contributed by atoms with Crippen LogP contribution in [0.3, 0.4) is 0 Å². The lowest BCUT2D eigenvalue weighted by molar-refractivity contribution is -0.117. The van der Waals surface area contributed by atoms with Gasteiger partial charge in [-0.2, -0.15) is 0 Å². The Balaban J connectivity index is 1.92. The topological polar surface area (TPSA) is 139 Å². The first kappa shape index (κ1) is 24.4. The molecule has 0 spiro atoms. The van der Waals surface area contributed by atoms with Crippen LogP contribution in [0.25, 0.3) is 0 Å². The van der Waals surface area contributed by atoms with Gasteiger partial charge >= 0.3 is 5.97 Å². The minimum Gasteiger partial charge on any atom is -0.504 e. The molecule has 4 rings (SSSR count). The Morgan fingerprint density at radius 2 is 1.71 bits per heavy atom. The van der Waals surface area contributed by atoms with Crippen molar-refractivity contribution in [3.05, 3.63) is 61.2 Å². The number of aliphatic hydroxyl groups excluding tert-OH is 1. The minimum atomic E-state index is -1.11. The van der Waals surface area contributed by atoms with Crippen molar-refractivity contribution in [2.75, 3.05) is 19.1 Å². The molecule has 1 aliphatic rings. The first-order valence-corrected chi connectivity index (χ1v) is 11.9. The molecule has 2 N–H and O–H groups in total. The highest BCUT2D eigenvalue weighted by Gasteiger charge is 2.47. The van der Waals surface area contributed by atoms with Crippen LogP contribution in [-0.4, -0.2) is 52.1 Å². The molecule has 0 fully saturated rings. The van der Waals surface area contributed by atoms with Gasteiger partial charge in [-0.3, -0.25) is 14.5 Å². The van der Waals surface area contributed by atoms with Crippen LogP contribution in [-0.2, 0) is 9.53 Å². The number of thiazole rings is 2. The van der Waals surface area contributed by atoms with Crippen LogP contribution in [0, 0.1) is 20.8 Å². The van der Waals surface area contributed by atoms with Crippen molar-refractivity contribution in [2.24, 2.45) is 0 Å². The highest BCUT2D eigenvalue weighted by atomic mass is 32.1. The third-order valence-electron chi connectivity index (χ3n) is 5.44. The van der Waals surface area contributed by atoms with Crippen LogP contribution in [0.4, 0.5) is 5.13 Å². The lowest BCUT2D eigenvalue weighted by atomic mass is 9.95. The molecule has 1 aliphatic heterocycles. The van der Waals surface area contributed by atoms with Gasteiger partial charge in [0.05, 0.1) is 47.1 Å². The Bertz CT molecular complexity index is 1410. The second kappa shape index (κ2) is 9.12. The van der Waals surface area contributed by atoms with Gasteiger partial charge in [0.1, 0.15) is 4.88 Å². The molecule has 12 heteroatoms. The standard InChI is InChI=1S/C23H21N3O7S2/c1-9-19(34-11(3)24-9)17(28)15-16(12-6-7-13(27)14(8-12)32-4)26(21(30)18(15)29)23-25-10(2)20(35-23)22(31)33-5/h6-8,16,27,29H,1-5H3. The number of methoxy groups -OCH3 is 2. The summed E-state index contributed by atoms with van der Waals surface area (Å²) in [6.45, 7) is 5.02. The molecule has 3 heterocycles. The van der Waals surface area contributed by atoms with Gasteiger partial charge in [0.25, 0.3) is 5.91 Å². The monoisotopic (exact) mass is 515 g/mol. The van der Waals surface area contributed by atoms with Gasteiger partial charge in [0, 0.05) is 0 Å². The van der Waals surface area contributed by atoms with E-state index in [1.807, 2.05) is 0 Å². The molecule has 0 bridgehead atoms. The smallest absolute Gasteiger partial charge is 0.350 e. The summed E-state index contributed by atoms with van der Waals surface area (Å²) in [4.78, 5) is 49.4. The summed E-state index contributed by atoms with van der Waals surface area (Å²) in [6, 6.07) is 3.24. The van der Waals surface area contributed by atoms with Gasteiger partial charge in [-0.25, -0.2) is 14.8 Å². The van der Waals surface area contributed by atoms with Crippen LogP contribution in [0.1, 0.15) is 47.3 Å². The number of amides is 1. The third kappa shape index (κ3) is 4.04. The van der Waals surface area contributed by atoms with Crippen molar-refractivity contribution in [1.29, 1.82) is 0 Å². The molecule has 0 radical (unpaired) electrons. The Hall–Kier alpha value is -3.77. The molecule has 2 aromatic heterocycles. The van der Waals surface area contributed by atoms with Crippen LogP contribution < -0.4 is 9.64 Å². The summed E-state index contributed by atoms with van der Waals surface area (Å²) in [5.41, 5.74) is 1.03. The molecule has 0 saturated carbocycles. The maximum atomic E-state index is 13.6. The second-order valence-electron chi connectivity index (χ2n) is 7.65. The fraction of sp³-hybridized carbons (Fsp3) is 0.261. The van der Waals surface area contributed by atoms with E-state index in [0.717, 1.165) is 27.6 Å². The molecule has 1 unspecified atom stereocenters. The molecule has 1 aromatic carbocycles. The van der Waals surface area contributed by atoms with Crippen molar-refractivity contribution >= 4 is 45.5 Å². The number of Topliss-reactive ketones (excluding diaryl/α,β-unsaturated/α-hetero) is 1. The minimum absolute atomic E-state index is 0.0940. The Morgan fingerprint density at radius 3 is 2.31 bits per heavy atom. The van der Waals surface area contributed by atoms with E-state index in [2.05, 4.69) is 9.97 Å². The number of phenolic OH excluding ortho intramolecular Hbond substituents is 1. The van der Waals surface area contributed by atoms with Crippen LogP contribution in [0.15, 0.2) is 29.5 Å². The van der Waals surface area contributed by atoms with E-state index < -0.39 is 29.5 Å². The number of rotatable bonds is 6. The fourth-order valence-corrected chi connectivity index (χ4v) is 5.73. The van der Waals surface area contributed by atoms with E-state index >= 15 is 0 Å². The van der Waals surface area contributed by atoms with Gasteiger partial charge in [0.15, 0.2) is 22.4 Å². The van der Waals surface area contributed by atoms with E-state index in [0.29, 0.717) is 26.8 Å². The van der Waals surface area contributed by atoms with Crippen LogP contribution in [0.5, 0.6) is 11.5 Å². The van der Waals surface area contributed by atoms with E-state index in [1.54, 1.807) is 20.8 Å². The van der Waals surface area contributed by atoms with E-state index in [-0.39, 0.29) is 27.1 Å². The van der Waals surface area contributed by atoms with E-state index in [4.69, 9.17) is 9.47 Å². The number of esters is 1. The zero-order chi connectivity index (χ0) is 25.6. The molecule has 0 aliphatic carbocycles. The van der Waals surface area contributed by atoms with Crippen LogP contribution in [0.2, 0.25) is 0 Å². The zero-order valence-corrected chi connectivity index (χ0v) is 21.0. The molecule has 1 atom stereocenters. The quantitative estimate of drug-likeness (QED) is 0.370. The van der Waals surface area contributed by atoms with Crippen molar-refractivity contribution in [3.63, 3.8) is 0 Å². The number of nitrogens with zero attached hydrogens (tertiary/aromatic N) is 3. The van der Waals surface area contributed by atoms with E-state index in [1.165, 1.54) is 32.4 Å². The molecular formula is C23H21N3O7S2. The Labute approximate surface area is 208 Å². The number of aromatic nitrogens is 2. The number of ketones is 1. The number of hydrogen-bond donors (Lipinski definition) is 2. The number of aryl methyl sites for hydroxylation is 3. The maximum Gasteiger partial charge on any atom is 0.350 e. The number of benzene rings is 1. The van der Waals surface area contributed by atoms with Crippen molar-refractivity contribution in [2.45, 2.75) is 26.8 Å². The average molecular weight is 516 g/mol. The molecule has 35 heavy (non-hydrogen) atoms. The summed E-state index contributed by atoms with van der Waals surface area (Å²) in [5, 5.41) is 21.8. The third-order valence-corrected chi connectivity index (χ3v) is 7.65. The molecular weight excluding hydrogens is 494 g/mol. The number of hydrogen-bond acceptors (Lipinski definition) is 11. The first-order valence-electron chi connectivity index (χ1n) is 10.3. The van der Waals surface area contributed by atoms with Gasteiger partial charge in [0.2, 0.25) is 5.78 Å². The van der Waals surface area contributed by atoms with Gasteiger partial charge in [-0.15, -0.1) is 11.3 Å². The summed E-state index contributed by atoms with van der Waals surface area (Å²) < 4.78 is 10.0. The number of phenols is 1. The predicted octanol–water partition coefficient (Wildman–Crippen LogP) is 3.81. The van der Waals surface area contributed by atoms with Gasteiger partial charge in [-0.1, -0.05) is 17.4 Å². The second-order valence-corrected chi connectivity index (χ2v) is 9.83. The number of ether oxygens (including phenoxy) is 2. The summed E-state index contributed by atoms with van der Waals surface area (Å²) in [5.74, 6) is -2.78. The highest BCUT2D eigenvalue weighted by molar-refractivity contribution is 7.17. The molecule has 0 saturated heterocycles.